The molecule has 0 radical (unpaired) electrons. The lowest BCUT2D eigenvalue weighted by Gasteiger charge is -2.38. The highest BCUT2D eigenvalue weighted by Crippen LogP contribution is 2.26. The van der Waals surface area contributed by atoms with Crippen molar-refractivity contribution < 1.29 is 9.53 Å². The molecule has 1 aliphatic heterocycles. The van der Waals surface area contributed by atoms with Gasteiger partial charge < -0.3 is 9.64 Å². The van der Waals surface area contributed by atoms with Crippen molar-refractivity contribution in [1.82, 2.24) is 19.9 Å². The van der Waals surface area contributed by atoms with Gasteiger partial charge in [0.2, 0.25) is 0 Å². The van der Waals surface area contributed by atoms with Gasteiger partial charge >= 0.3 is 0 Å². The fourth-order valence-corrected chi connectivity index (χ4v) is 3.20. The Hall–Kier alpha value is -2.99. The second-order valence-electron chi connectivity index (χ2n) is 6.44. The van der Waals surface area contributed by atoms with E-state index in [0.29, 0.717) is 18.7 Å². The Bertz CT molecular complexity index is 880. The van der Waals surface area contributed by atoms with E-state index in [1.165, 1.54) is 0 Å². The van der Waals surface area contributed by atoms with Crippen molar-refractivity contribution in [2.45, 2.75) is 19.1 Å². The molecule has 6 heteroatoms. The molecule has 6 nitrogen and oxygen atoms in total. The SMILES string of the molecule is C[C@@H]1CO[C@@H](c2ccccc2)CN1C(=O)c1cccc(-n2ccnn2)c1. The molecule has 1 aliphatic rings. The van der Waals surface area contributed by atoms with Gasteiger partial charge in [0.05, 0.1) is 37.3 Å². The van der Waals surface area contributed by atoms with E-state index in [-0.39, 0.29) is 18.1 Å². The lowest BCUT2D eigenvalue weighted by Crippen LogP contribution is -2.48. The van der Waals surface area contributed by atoms with Gasteiger partial charge in [0.15, 0.2) is 0 Å². The van der Waals surface area contributed by atoms with Gasteiger partial charge in [-0.25, -0.2) is 4.68 Å². The third-order valence-electron chi connectivity index (χ3n) is 4.65. The zero-order valence-electron chi connectivity index (χ0n) is 14.5. The fourth-order valence-electron chi connectivity index (χ4n) is 3.20. The van der Waals surface area contributed by atoms with E-state index in [1.807, 2.05) is 66.4 Å². The second kappa shape index (κ2) is 7.09. The van der Waals surface area contributed by atoms with Gasteiger partial charge in [-0.1, -0.05) is 41.6 Å². The van der Waals surface area contributed by atoms with E-state index in [1.54, 1.807) is 17.1 Å². The standard InChI is InChI=1S/C20H20N4O2/c1-15-14-26-19(16-6-3-2-4-7-16)13-23(15)20(25)17-8-5-9-18(12-17)24-11-10-21-22-24/h2-12,15,19H,13-14H2,1H3/t15-,19-/m1/s1. The van der Waals surface area contributed by atoms with E-state index in [0.717, 1.165) is 11.3 Å². The van der Waals surface area contributed by atoms with Gasteiger partial charge in [0.25, 0.3) is 5.91 Å². The third-order valence-corrected chi connectivity index (χ3v) is 4.65. The zero-order chi connectivity index (χ0) is 17.9. The molecule has 0 N–H and O–H groups in total. The number of hydrogen-bond donors (Lipinski definition) is 0. The molecule has 3 aromatic rings. The van der Waals surface area contributed by atoms with Crippen LogP contribution in [0.15, 0.2) is 67.0 Å². The van der Waals surface area contributed by atoms with Crippen LogP contribution < -0.4 is 0 Å². The Morgan fingerprint density at radius 2 is 2.00 bits per heavy atom. The highest BCUT2D eigenvalue weighted by molar-refractivity contribution is 5.95. The molecular weight excluding hydrogens is 328 g/mol. The van der Waals surface area contributed by atoms with Crippen LogP contribution in [0.5, 0.6) is 0 Å². The van der Waals surface area contributed by atoms with Crippen LogP contribution in [0.4, 0.5) is 0 Å². The van der Waals surface area contributed by atoms with Crippen molar-refractivity contribution >= 4 is 5.91 Å². The first-order chi connectivity index (χ1) is 12.7. The summed E-state index contributed by atoms with van der Waals surface area (Å²) in [6, 6.07) is 17.5. The summed E-state index contributed by atoms with van der Waals surface area (Å²) in [7, 11) is 0. The third kappa shape index (κ3) is 3.23. The number of benzene rings is 2. The lowest BCUT2D eigenvalue weighted by molar-refractivity contribution is -0.0486. The van der Waals surface area contributed by atoms with Crippen LogP contribution in [0.3, 0.4) is 0 Å². The molecule has 1 fully saturated rings. The highest BCUT2D eigenvalue weighted by atomic mass is 16.5. The molecule has 1 aromatic heterocycles. The van der Waals surface area contributed by atoms with Crippen LogP contribution in [0.2, 0.25) is 0 Å². The predicted molar refractivity (Wildman–Crippen MR) is 97.0 cm³/mol. The molecule has 0 bridgehead atoms. The van der Waals surface area contributed by atoms with E-state index in [2.05, 4.69) is 10.3 Å². The summed E-state index contributed by atoms with van der Waals surface area (Å²) in [6.07, 6.45) is 3.27. The van der Waals surface area contributed by atoms with Gasteiger partial charge in [0.1, 0.15) is 6.10 Å². The molecule has 0 saturated carbocycles. The van der Waals surface area contributed by atoms with Crippen molar-refractivity contribution in [1.29, 1.82) is 0 Å². The van der Waals surface area contributed by atoms with Crippen LogP contribution in [0, 0.1) is 0 Å². The molecule has 4 rings (SSSR count). The highest BCUT2D eigenvalue weighted by Gasteiger charge is 2.31. The van der Waals surface area contributed by atoms with Crippen molar-refractivity contribution in [2.24, 2.45) is 0 Å². The van der Waals surface area contributed by atoms with Crippen LogP contribution in [-0.2, 0) is 4.74 Å². The van der Waals surface area contributed by atoms with Gasteiger partial charge in [0, 0.05) is 5.56 Å². The summed E-state index contributed by atoms with van der Waals surface area (Å²) in [5.74, 6) is 0.00342. The van der Waals surface area contributed by atoms with Crippen molar-refractivity contribution in [3.05, 3.63) is 78.1 Å². The normalized spacial score (nSPS) is 20.1. The van der Waals surface area contributed by atoms with Gasteiger partial charge in [-0.15, -0.1) is 5.10 Å². The molecule has 2 atom stereocenters. The molecule has 0 spiro atoms. The minimum atomic E-state index is -0.102. The number of carbonyl (C=O) groups excluding carboxylic acids is 1. The topological polar surface area (TPSA) is 60.2 Å². The molecule has 0 aliphatic carbocycles. The molecule has 26 heavy (non-hydrogen) atoms. The first kappa shape index (κ1) is 16.5. The Morgan fingerprint density at radius 1 is 1.15 bits per heavy atom. The maximum atomic E-state index is 13.1. The minimum Gasteiger partial charge on any atom is -0.370 e. The van der Waals surface area contributed by atoms with Crippen LogP contribution in [-0.4, -0.2) is 45.0 Å². The maximum absolute atomic E-state index is 13.1. The minimum absolute atomic E-state index is 0.00342. The van der Waals surface area contributed by atoms with Gasteiger partial charge in [-0.2, -0.15) is 0 Å². The number of aromatic nitrogens is 3. The molecule has 1 amide bonds. The Labute approximate surface area is 152 Å². The van der Waals surface area contributed by atoms with Crippen LogP contribution in [0.25, 0.3) is 5.69 Å². The molecule has 2 heterocycles. The molecular formula is C20H20N4O2. The summed E-state index contributed by atoms with van der Waals surface area (Å²) in [6.45, 7) is 3.08. The summed E-state index contributed by atoms with van der Waals surface area (Å²) in [4.78, 5) is 15.0. The number of carbonyl (C=O) groups is 1. The summed E-state index contributed by atoms with van der Waals surface area (Å²) >= 11 is 0. The number of ether oxygens (including phenoxy) is 1. The number of nitrogens with zero attached hydrogens (tertiary/aromatic N) is 4. The van der Waals surface area contributed by atoms with Crippen LogP contribution >= 0.6 is 0 Å². The van der Waals surface area contributed by atoms with E-state index >= 15 is 0 Å². The van der Waals surface area contributed by atoms with E-state index < -0.39 is 0 Å². The molecule has 0 unspecified atom stereocenters. The second-order valence-corrected chi connectivity index (χ2v) is 6.44. The maximum Gasteiger partial charge on any atom is 0.254 e. The monoisotopic (exact) mass is 348 g/mol. The average Bonchev–Trinajstić information content (AvgIpc) is 3.23. The Morgan fingerprint density at radius 3 is 2.77 bits per heavy atom. The van der Waals surface area contributed by atoms with Crippen molar-refractivity contribution in [3.63, 3.8) is 0 Å². The molecule has 1 saturated heterocycles. The molecule has 132 valence electrons. The first-order valence-electron chi connectivity index (χ1n) is 8.66. The largest absolute Gasteiger partial charge is 0.370 e. The van der Waals surface area contributed by atoms with Crippen molar-refractivity contribution in [2.75, 3.05) is 13.2 Å². The quantitative estimate of drug-likeness (QED) is 0.730. The summed E-state index contributed by atoms with van der Waals surface area (Å²) in [5.41, 5.74) is 2.54. The van der Waals surface area contributed by atoms with Gasteiger partial charge in [-0.05, 0) is 30.7 Å². The fraction of sp³-hybridized carbons (Fsp3) is 0.250. The summed E-state index contributed by atoms with van der Waals surface area (Å²) < 4.78 is 7.60. The van der Waals surface area contributed by atoms with E-state index in [4.69, 9.17) is 4.74 Å². The number of rotatable bonds is 3. The Kier molecular flexibility index (Phi) is 4.50. The summed E-state index contributed by atoms with van der Waals surface area (Å²) in [5, 5.41) is 7.81. The average molecular weight is 348 g/mol. The zero-order valence-corrected chi connectivity index (χ0v) is 14.5. The molecule has 2 aromatic carbocycles. The number of amides is 1. The smallest absolute Gasteiger partial charge is 0.254 e. The van der Waals surface area contributed by atoms with Gasteiger partial charge in [-0.3, -0.25) is 4.79 Å². The number of hydrogen-bond acceptors (Lipinski definition) is 4. The lowest BCUT2D eigenvalue weighted by atomic mass is 10.0. The number of morpholine rings is 1. The van der Waals surface area contributed by atoms with Crippen LogP contribution in [0.1, 0.15) is 28.9 Å². The van der Waals surface area contributed by atoms with E-state index in [9.17, 15) is 4.79 Å². The Balaban J connectivity index is 1.57. The first-order valence-corrected chi connectivity index (χ1v) is 8.66. The predicted octanol–water partition coefficient (Wildman–Crippen LogP) is 2.87. The van der Waals surface area contributed by atoms with Crippen molar-refractivity contribution in [3.8, 4) is 5.69 Å².